The summed E-state index contributed by atoms with van der Waals surface area (Å²) < 4.78 is 13.2. The Labute approximate surface area is 235 Å². The van der Waals surface area contributed by atoms with Crippen LogP contribution >= 0.6 is 23.2 Å². The Balaban J connectivity index is 1.34. The first-order valence-electron chi connectivity index (χ1n) is 13.3. The predicted molar refractivity (Wildman–Crippen MR) is 150 cm³/mol. The number of hydrogen-bond acceptors (Lipinski definition) is 4. The van der Waals surface area contributed by atoms with Crippen LogP contribution in [-0.2, 0) is 20.5 Å². The predicted octanol–water partition coefficient (Wildman–Crippen LogP) is 5.50. The zero-order valence-electron chi connectivity index (χ0n) is 22.5. The van der Waals surface area contributed by atoms with Gasteiger partial charge in [-0.25, -0.2) is 0 Å². The van der Waals surface area contributed by atoms with Gasteiger partial charge in [-0.05, 0) is 99.2 Å². The molecule has 5 atom stereocenters. The molecule has 202 valence electrons. The van der Waals surface area contributed by atoms with Gasteiger partial charge in [0, 0.05) is 15.6 Å². The minimum Gasteiger partial charge on any atom is -0.404 e. The number of rotatable bonds is 7. The zero-order chi connectivity index (χ0) is 27.5. The molecule has 3 saturated carbocycles. The van der Waals surface area contributed by atoms with E-state index in [0.717, 1.165) is 18.4 Å². The standard InChI is InChI=1S/C29H35BCl2N2O4/c1-27(2)19-15-22(27)29(5)23(16-19)37-30(38-29)24(14-17-6-10-20(31)11-7-17)33-26(36)28(3,4)34-25(35)18-8-12-21(32)13-9-18/h6-13,19,22-24H,14-16H2,1-5H3,(H,33,36)(H,34,35)/t19-,22-,23+,24-,29-/m0/s1. The molecule has 2 N–H and O–H groups in total. The van der Waals surface area contributed by atoms with Gasteiger partial charge in [0.25, 0.3) is 5.91 Å². The molecule has 1 heterocycles. The highest BCUT2D eigenvalue weighted by atomic mass is 35.5. The number of benzene rings is 2. The summed E-state index contributed by atoms with van der Waals surface area (Å²) in [5.41, 5.74) is 0.0540. The quantitative estimate of drug-likeness (QED) is 0.442. The highest BCUT2D eigenvalue weighted by molar-refractivity contribution is 6.48. The van der Waals surface area contributed by atoms with Crippen LogP contribution in [0.25, 0.3) is 0 Å². The van der Waals surface area contributed by atoms with E-state index in [-0.39, 0.29) is 23.3 Å². The number of nitrogens with one attached hydrogen (secondary N) is 2. The van der Waals surface area contributed by atoms with Gasteiger partial charge in [-0.15, -0.1) is 0 Å². The second-order valence-electron chi connectivity index (χ2n) is 12.3. The molecule has 0 radical (unpaired) electrons. The smallest absolute Gasteiger partial charge is 0.404 e. The van der Waals surface area contributed by atoms with E-state index >= 15 is 0 Å². The number of halogens is 2. The van der Waals surface area contributed by atoms with E-state index in [1.165, 1.54) is 0 Å². The van der Waals surface area contributed by atoms with E-state index < -0.39 is 24.2 Å². The fourth-order valence-corrected chi connectivity index (χ4v) is 6.78. The SMILES string of the molecule is CC(C)(NC(=O)c1ccc(Cl)cc1)C(=O)N[C@@H](Cc1ccc(Cl)cc1)B1O[C@@H]2C[C@@H]3C[C@@H](C3(C)C)[C@]2(C)O1. The Morgan fingerprint density at radius 1 is 1.03 bits per heavy atom. The van der Waals surface area contributed by atoms with E-state index in [2.05, 4.69) is 31.4 Å². The molecule has 6 rings (SSSR count). The molecule has 0 aromatic heterocycles. The molecule has 6 nitrogen and oxygen atoms in total. The largest absolute Gasteiger partial charge is 0.482 e. The zero-order valence-corrected chi connectivity index (χ0v) is 24.0. The van der Waals surface area contributed by atoms with Crippen LogP contribution in [0.4, 0.5) is 0 Å². The van der Waals surface area contributed by atoms with Gasteiger partial charge in [-0.3, -0.25) is 9.59 Å². The van der Waals surface area contributed by atoms with E-state index in [4.69, 9.17) is 32.5 Å². The molecule has 3 aliphatic carbocycles. The van der Waals surface area contributed by atoms with Gasteiger partial charge < -0.3 is 19.9 Å². The monoisotopic (exact) mass is 556 g/mol. The number of hydrogen-bond donors (Lipinski definition) is 2. The van der Waals surface area contributed by atoms with Crippen molar-refractivity contribution in [2.45, 2.75) is 77.1 Å². The number of amides is 2. The third-order valence-electron chi connectivity index (χ3n) is 9.08. The maximum Gasteiger partial charge on any atom is 0.482 e. The summed E-state index contributed by atoms with van der Waals surface area (Å²) in [6, 6.07) is 14.1. The Kier molecular flexibility index (Phi) is 7.13. The van der Waals surface area contributed by atoms with Crippen LogP contribution < -0.4 is 10.6 Å². The van der Waals surface area contributed by atoms with Gasteiger partial charge in [-0.2, -0.15) is 0 Å². The van der Waals surface area contributed by atoms with Gasteiger partial charge in [0.15, 0.2) is 0 Å². The highest BCUT2D eigenvalue weighted by Gasteiger charge is 2.68. The summed E-state index contributed by atoms with van der Waals surface area (Å²) in [4.78, 5) is 26.4. The first-order chi connectivity index (χ1) is 17.8. The van der Waals surface area contributed by atoms with Gasteiger partial charge in [0.05, 0.1) is 17.6 Å². The van der Waals surface area contributed by atoms with E-state index in [9.17, 15) is 9.59 Å². The van der Waals surface area contributed by atoms with E-state index in [1.54, 1.807) is 38.1 Å². The molecule has 4 fully saturated rings. The van der Waals surface area contributed by atoms with Crippen LogP contribution in [0, 0.1) is 17.3 Å². The van der Waals surface area contributed by atoms with Crippen LogP contribution in [0.3, 0.4) is 0 Å². The lowest BCUT2D eigenvalue weighted by molar-refractivity contribution is -0.199. The van der Waals surface area contributed by atoms with Crippen molar-refractivity contribution in [3.8, 4) is 0 Å². The maximum absolute atomic E-state index is 13.6. The molecule has 2 aromatic carbocycles. The molecule has 2 amide bonds. The van der Waals surface area contributed by atoms with Crippen molar-refractivity contribution in [2.75, 3.05) is 0 Å². The highest BCUT2D eigenvalue weighted by Crippen LogP contribution is 2.65. The van der Waals surface area contributed by atoms with Crippen molar-refractivity contribution in [2.24, 2.45) is 17.3 Å². The summed E-state index contributed by atoms with van der Waals surface area (Å²) in [5.74, 6) is -0.108. The summed E-state index contributed by atoms with van der Waals surface area (Å²) in [7, 11) is -0.609. The molecular formula is C29H35BCl2N2O4. The molecular weight excluding hydrogens is 522 g/mol. The third kappa shape index (κ3) is 4.99. The second kappa shape index (κ2) is 9.85. The lowest BCUT2D eigenvalue weighted by Crippen LogP contribution is -2.65. The Morgan fingerprint density at radius 2 is 1.63 bits per heavy atom. The van der Waals surface area contributed by atoms with Crippen LogP contribution in [0.15, 0.2) is 48.5 Å². The average Bonchev–Trinajstić information content (AvgIpc) is 3.22. The minimum absolute atomic E-state index is 0.00786. The van der Waals surface area contributed by atoms with E-state index in [0.29, 0.717) is 33.9 Å². The summed E-state index contributed by atoms with van der Waals surface area (Å²) >= 11 is 12.1. The average molecular weight is 557 g/mol. The molecule has 2 bridgehead atoms. The lowest BCUT2D eigenvalue weighted by Gasteiger charge is -2.64. The maximum atomic E-state index is 13.6. The Hall–Kier alpha value is -2.06. The van der Waals surface area contributed by atoms with Gasteiger partial charge >= 0.3 is 7.12 Å². The third-order valence-corrected chi connectivity index (χ3v) is 9.59. The van der Waals surface area contributed by atoms with Gasteiger partial charge in [-0.1, -0.05) is 49.2 Å². The molecule has 0 spiro atoms. The van der Waals surface area contributed by atoms with Crippen molar-refractivity contribution < 1.29 is 18.9 Å². The van der Waals surface area contributed by atoms with Crippen molar-refractivity contribution in [1.82, 2.24) is 10.6 Å². The first-order valence-corrected chi connectivity index (χ1v) is 14.0. The second-order valence-corrected chi connectivity index (χ2v) is 13.2. The molecule has 2 aromatic rings. The fourth-order valence-electron chi connectivity index (χ4n) is 6.52. The van der Waals surface area contributed by atoms with Gasteiger partial charge in [0.1, 0.15) is 5.54 Å². The first kappa shape index (κ1) is 27.5. The minimum atomic E-state index is -1.19. The van der Waals surface area contributed by atoms with Gasteiger partial charge in [0.2, 0.25) is 5.91 Å². The van der Waals surface area contributed by atoms with Crippen LogP contribution in [0.2, 0.25) is 10.0 Å². The fraction of sp³-hybridized carbons (Fsp3) is 0.517. The Morgan fingerprint density at radius 3 is 2.24 bits per heavy atom. The van der Waals surface area contributed by atoms with Crippen LogP contribution in [-0.4, -0.2) is 42.1 Å². The van der Waals surface area contributed by atoms with E-state index in [1.807, 2.05) is 24.3 Å². The lowest BCUT2D eigenvalue weighted by atomic mass is 9.43. The van der Waals surface area contributed by atoms with Crippen LogP contribution in [0.1, 0.15) is 63.4 Å². The number of carbonyl (C=O) groups excluding carboxylic acids is 2. The molecule has 1 saturated heterocycles. The summed E-state index contributed by atoms with van der Waals surface area (Å²) in [5, 5.41) is 7.18. The molecule has 4 aliphatic rings. The summed E-state index contributed by atoms with van der Waals surface area (Å²) in [6.07, 6.45) is 2.59. The van der Waals surface area contributed by atoms with Crippen molar-refractivity contribution in [3.05, 3.63) is 69.7 Å². The van der Waals surface area contributed by atoms with Crippen LogP contribution in [0.5, 0.6) is 0 Å². The Bertz CT molecular complexity index is 1220. The molecule has 0 unspecified atom stereocenters. The topological polar surface area (TPSA) is 76.7 Å². The normalized spacial score (nSPS) is 28.2. The molecule has 1 aliphatic heterocycles. The molecule has 9 heteroatoms. The van der Waals surface area contributed by atoms with Crippen molar-refractivity contribution in [1.29, 1.82) is 0 Å². The van der Waals surface area contributed by atoms with Crippen molar-refractivity contribution >= 4 is 42.1 Å². The summed E-state index contributed by atoms with van der Waals surface area (Å²) in [6.45, 7) is 10.2. The number of carbonyl (C=O) groups is 2. The van der Waals surface area contributed by atoms with Crippen molar-refractivity contribution in [3.63, 3.8) is 0 Å². The molecule has 38 heavy (non-hydrogen) atoms.